The van der Waals surface area contributed by atoms with Gasteiger partial charge in [0.05, 0.1) is 6.10 Å². The molecule has 0 bridgehead atoms. The Hall–Kier alpha value is -3.46. The van der Waals surface area contributed by atoms with E-state index in [4.69, 9.17) is 28.4 Å². The third kappa shape index (κ3) is 10.9. The quantitative estimate of drug-likeness (QED) is 0.244. The summed E-state index contributed by atoms with van der Waals surface area (Å²) < 4.78 is 32.4. The highest BCUT2D eigenvalue weighted by Gasteiger charge is 2.52. The van der Waals surface area contributed by atoms with E-state index in [1.165, 1.54) is 6.92 Å². The van der Waals surface area contributed by atoms with Crippen molar-refractivity contribution in [2.45, 2.75) is 104 Å². The highest BCUT2D eigenvalue weighted by molar-refractivity contribution is 5.80. The van der Waals surface area contributed by atoms with E-state index in [1.807, 2.05) is 0 Å². The van der Waals surface area contributed by atoms with Gasteiger partial charge in [-0.05, 0) is 27.7 Å². The fourth-order valence-corrected chi connectivity index (χ4v) is 3.51. The number of carbonyl (C=O) groups excluding carboxylic acids is 5. The summed E-state index contributed by atoms with van der Waals surface area (Å²) in [4.78, 5) is 71.3. The third-order valence-corrected chi connectivity index (χ3v) is 4.83. The van der Waals surface area contributed by atoms with Crippen LogP contribution in [-0.4, -0.2) is 96.0 Å². The van der Waals surface area contributed by atoms with Crippen LogP contribution in [0.15, 0.2) is 0 Å². The summed E-state index contributed by atoms with van der Waals surface area (Å²) in [7, 11) is 0. The lowest BCUT2D eigenvalue weighted by atomic mass is 9.95. The number of carbonyl (C=O) groups is 6. The van der Waals surface area contributed by atoms with Crippen LogP contribution < -0.4 is 10.6 Å². The number of alkyl carbamates (subject to hydrolysis) is 1. The maximum absolute atomic E-state index is 12.2. The first kappa shape index (κ1) is 32.6. The second kappa shape index (κ2) is 13.9. The average Bonchev–Trinajstić information content (AvgIpc) is 2.72. The number of ether oxygens (including phenoxy) is 6. The molecule has 0 aromatic carbocycles. The molecule has 0 saturated carbocycles. The van der Waals surface area contributed by atoms with Crippen LogP contribution in [0.2, 0.25) is 0 Å². The van der Waals surface area contributed by atoms with Gasteiger partial charge in [0, 0.05) is 27.7 Å². The molecule has 1 fully saturated rings. The van der Waals surface area contributed by atoms with Crippen molar-refractivity contribution in [1.29, 1.82) is 0 Å². The predicted octanol–water partition coefficient (Wildman–Crippen LogP) is 0.0255. The first-order valence-corrected chi connectivity index (χ1v) is 11.7. The van der Waals surface area contributed by atoms with Gasteiger partial charge in [-0.25, -0.2) is 9.59 Å². The number of carboxylic acids is 1. The van der Waals surface area contributed by atoms with E-state index in [-0.39, 0.29) is 0 Å². The Balaban J connectivity index is 3.38. The van der Waals surface area contributed by atoms with Crippen molar-refractivity contribution in [3.8, 4) is 0 Å². The largest absolute Gasteiger partial charge is 0.480 e. The van der Waals surface area contributed by atoms with E-state index in [2.05, 4.69) is 10.6 Å². The van der Waals surface area contributed by atoms with Crippen molar-refractivity contribution in [2.24, 2.45) is 0 Å². The van der Waals surface area contributed by atoms with Crippen LogP contribution in [0.3, 0.4) is 0 Å². The number of hydrogen-bond acceptors (Lipinski definition) is 12. The lowest BCUT2D eigenvalue weighted by molar-refractivity contribution is -0.287. The molecule has 216 valence electrons. The molecule has 1 aliphatic heterocycles. The fourth-order valence-electron chi connectivity index (χ4n) is 3.51. The molecule has 1 aliphatic rings. The molecule has 2 amide bonds. The van der Waals surface area contributed by atoms with Crippen molar-refractivity contribution in [1.82, 2.24) is 10.6 Å². The molecule has 1 saturated heterocycles. The lowest BCUT2D eigenvalue weighted by Crippen LogP contribution is -2.67. The predicted molar refractivity (Wildman–Crippen MR) is 125 cm³/mol. The summed E-state index contributed by atoms with van der Waals surface area (Å²) >= 11 is 0. The standard InChI is InChI=1S/C23H36N2O13/c1-10(16(20(30)31)25-22(32)38-23(6,7)8)34-21-17(24-11(2)26)19(36-14(5)29)18(35-13(4)28)15(37-21)9-33-12(3)27/h10,15-19,21H,9H2,1-8H3,(H,24,26)(H,25,32)(H,30,31)/t10-,15-,16+,17-,18+,19-,21+/m1/s1. The molecule has 0 aromatic rings. The number of esters is 3. The molecule has 3 N–H and O–H groups in total. The van der Waals surface area contributed by atoms with E-state index in [0.29, 0.717) is 0 Å². The van der Waals surface area contributed by atoms with Crippen LogP contribution >= 0.6 is 0 Å². The monoisotopic (exact) mass is 548 g/mol. The van der Waals surface area contributed by atoms with Crippen molar-refractivity contribution in [3.05, 3.63) is 0 Å². The first-order chi connectivity index (χ1) is 17.4. The van der Waals surface area contributed by atoms with Gasteiger partial charge in [0.15, 0.2) is 24.5 Å². The summed E-state index contributed by atoms with van der Waals surface area (Å²) in [5, 5.41) is 14.4. The van der Waals surface area contributed by atoms with Crippen LogP contribution in [0.5, 0.6) is 0 Å². The smallest absolute Gasteiger partial charge is 0.408 e. The average molecular weight is 549 g/mol. The van der Waals surface area contributed by atoms with Crippen molar-refractivity contribution >= 4 is 35.9 Å². The highest BCUT2D eigenvalue weighted by Crippen LogP contribution is 2.29. The molecule has 7 atom stereocenters. The summed E-state index contributed by atoms with van der Waals surface area (Å²) in [5.41, 5.74) is -0.910. The minimum Gasteiger partial charge on any atom is -0.480 e. The van der Waals surface area contributed by atoms with Gasteiger partial charge in [-0.3, -0.25) is 19.2 Å². The van der Waals surface area contributed by atoms with Crippen LogP contribution in [-0.2, 0) is 52.4 Å². The van der Waals surface area contributed by atoms with Crippen LogP contribution in [0.25, 0.3) is 0 Å². The zero-order valence-corrected chi connectivity index (χ0v) is 22.6. The topological polar surface area (TPSA) is 202 Å². The Morgan fingerprint density at radius 1 is 0.921 bits per heavy atom. The molecule has 38 heavy (non-hydrogen) atoms. The SMILES string of the molecule is CC(=O)N[C@H]1[C@@H](O[C@H](C)[C@H](NC(=O)OC(C)(C)C)C(=O)O)O[C@H](COC(C)=O)[C@H](OC(C)=O)[C@@H]1OC(C)=O. The van der Waals surface area contributed by atoms with Crippen LogP contribution in [0.4, 0.5) is 4.79 Å². The third-order valence-electron chi connectivity index (χ3n) is 4.83. The van der Waals surface area contributed by atoms with Gasteiger partial charge < -0.3 is 44.2 Å². The van der Waals surface area contributed by atoms with Gasteiger partial charge in [0.1, 0.15) is 24.4 Å². The number of nitrogens with one attached hydrogen (secondary N) is 2. The maximum atomic E-state index is 12.2. The van der Waals surface area contributed by atoms with Crippen molar-refractivity contribution < 1.29 is 62.3 Å². The van der Waals surface area contributed by atoms with E-state index in [1.54, 1.807) is 20.8 Å². The summed E-state index contributed by atoms with van der Waals surface area (Å²) in [6, 6.07) is -2.95. The van der Waals surface area contributed by atoms with Crippen molar-refractivity contribution in [3.63, 3.8) is 0 Å². The first-order valence-electron chi connectivity index (χ1n) is 11.7. The summed E-state index contributed by atoms with van der Waals surface area (Å²) in [5.74, 6) is -4.37. The van der Waals surface area contributed by atoms with Gasteiger partial charge in [0.2, 0.25) is 5.91 Å². The molecule has 0 radical (unpaired) electrons. The van der Waals surface area contributed by atoms with E-state index in [9.17, 15) is 33.9 Å². The Kier molecular flexibility index (Phi) is 11.9. The minimum atomic E-state index is -1.64. The normalized spacial score (nSPS) is 24.7. The lowest BCUT2D eigenvalue weighted by Gasteiger charge is -2.45. The Morgan fingerprint density at radius 3 is 1.92 bits per heavy atom. The van der Waals surface area contributed by atoms with Gasteiger partial charge in [0.25, 0.3) is 0 Å². The zero-order chi connectivity index (χ0) is 29.4. The molecule has 0 aromatic heterocycles. The molecular weight excluding hydrogens is 512 g/mol. The maximum Gasteiger partial charge on any atom is 0.408 e. The molecule has 0 spiro atoms. The highest BCUT2D eigenvalue weighted by atomic mass is 16.7. The minimum absolute atomic E-state index is 0.468. The van der Waals surface area contributed by atoms with Gasteiger partial charge in [-0.1, -0.05) is 0 Å². The molecule has 0 aliphatic carbocycles. The second-order valence-electron chi connectivity index (χ2n) is 9.52. The molecule has 15 nitrogen and oxygen atoms in total. The molecule has 1 heterocycles. The van der Waals surface area contributed by atoms with E-state index in [0.717, 1.165) is 27.7 Å². The number of aliphatic carboxylic acids is 1. The van der Waals surface area contributed by atoms with Crippen LogP contribution in [0, 0.1) is 0 Å². The summed E-state index contributed by atoms with van der Waals surface area (Å²) in [6.45, 7) is 10.1. The number of carboxylic acid groups (broad SMARTS) is 1. The summed E-state index contributed by atoms with van der Waals surface area (Å²) in [6.07, 6.45) is -7.85. The number of amides is 2. The second-order valence-corrected chi connectivity index (χ2v) is 9.52. The molecule has 0 unspecified atom stereocenters. The van der Waals surface area contributed by atoms with E-state index >= 15 is 0 Å². The Morgan fingerprint density at radius 2 is 1.47 bits per heavy atom. The molecule has 15 heteroatoms. The molecule has 1 rings (SSSR count). The Labute approximate surface area is 219 Å². The Bertz CT molecular complexity index is 900. The van der Waals surface area contributed by atoms with Crippen LogP contribution in [0.1, 0.15) is 55.4 Å². The van der Waals surface area contributed by atoms with E-state index < -0.39 is 90.9 Å². The van der Waals surface area contributed by atoms with Gasteiger partial charge in [-0.15, -0.1) is 0 Å². The van der Waals surface area contributed by atoms with Gasteiger partial charge >= 0.3 is 30.0 Å². The molecular formula is C23H36N2O13. The fraction of sp³-hybridized carbons (Fsp3) is 0.739. The number of rotatable bonds is 10. The van der Waals surface area contributed by atoms with Gasteiger partial charge in [-0.2, -0.15) is 0 Å². The zero-order valence-electron chi connectivity index (χ0n) is 22.6. The number of hydrogen-bond donors (Lipinski definition) is 3. The van der Waals surface area contributed by atoms with Crippen molar-refractivity contribution in [2.75, 3.05) is 6.61 Å².